The number of aryl methyl sites for hydroxylation is 2. The molecule has 2 nitrogen and oxygen atoms in total. The fourth-order valence-electron chi connectivity index (χ4n) is 1.90. The van der Waals surface area contributed by atoms with Gasteiger partial charge in [-0.15, -0.1) is 0 Å². The van der Waals surface area contributed by atoms with Crippen LogP contribution in [-0.2, 0) is 0 Å². The van der Waals surface area contributed by atoms with Crippen molar-refractivity contribution in [1.82, 2.24) is 0 Å². The largest absolute Gasteiger partial charge is 0.508 e. The highest BCUT2D eigenvalue weighted by Gasteiger charge is 2.07. The van der Waals surface area contributed by atoms with Crippen LogP contribution in [0.5, 0.6) is 11.5 Å². The minimum Gasteiger partial charge on any atom is -0.508 e. The van der Waals surface area contributed by atoms with Crippen molar-refractivity contribution in [2.45, 2.75) is 13.8 Å². The zero-order valence-electron chi connectivity index (χ0n) is 9.16. The SMILES string of the molecule is COc1ccc2c(C)c(O)ccc2c1C. The molecule has 2 aromatic rings. The van der Waals surface area contributed by atoms with Gasteiger partial charge in [-0.25, -0.2) is 0 Å². The van der Waals surface area contributed by atoms with Crippen LogP contribution < -0.4 is 4.74 Å². The third kappa shape index (κ3) is 1.42. The van der Waals surface area contributed by atoms with E-state index in [2.05, 4.69) is 0 Å². The van der Waals surface area contributed by atoms with E-state index in [4.69, 9.17) is 4.74 Å². The summed E-state index contributed by atoms with van der Waals surface area (Å²) >= 11 is 0. The van der Waals surface area contributed by atoms with Crippen molar-refractivity contribution in [2.24, 2.45) is 0 Å². The number of methoxy groups -OCH3 is 1. The first-order valence-corrected chi connectivity index (χ1v) is 4.91. The fourth-order valence-corrected chi connectivity index (χ4v) is 1.90. The van der Waals surface area contributed by atoms with E-state index in [0.29, 0.717) is 5.75 Å². The first kappa shape index (κ1) is 9.84. The van der Waals surface area contributed by atoms with Gasteiger partial charge < -0.3 is 9.84 Å². The average Bonchev–Trinajstić information content (AvgIpc) is 2.24. The molecule has 0 aliphatic rings. The van der Waals surface area contributed by atoms with E-state index in [1.54, 1.807) is 13.2 Å². The Balaban J connectivity index is 2.85. The van der Waals surface area contributed by atoms with Crippen molar-refractivity contribution in [3.05, 3.63) is 35.4 Å². The Morgan fingerprint density at radius 1 is 0.933 bits per heavy atom. The van der Waals surface area contributed by atoms with Crippen LogP contribution >= 0.6 is 0 Å². The van der Waals surface area contributed by atoms with E-state index < -0.39 is 0 Å². The highest BCUT2D eigenvalue weighted by molar-refractivity contribution is 5.91. The van der Waals surface area contributed by atoms with Gasteiger partial charge in [-0.2, -0.15) is 0 Å². The quantitative estimate of drug-likeness (QED) is 0.769. The van der Waals surface area contributed by atoms with Crippen molar-refractivity contribution in [2.75, 3.05) is 7.11 Å². The lowest BCUT2D eigenvalue weighted by atomic mass is 10.00. The van der Waals surface area contributed by atoms with Crippen molar-refractivity contribution in [1.29, 1.82) is 0 Å². The molecule has 0 spiro atoms. The smallest absolute Gasteiger partial charge is 0.122 e. The molecule has 2 aromatic carbocycles. The minimum atomic E-state index is 0.340. The number of ether oxygens (including phenoxy) is 1. The predicted octanol–water partition coefficient (Wildman–Crippen LogP) is 3.17. The van der Waals surface area contributed by atoms with Crippen LogP contribution in [0.2, 0.25) is 0 Å². The maximum atomic E-state index is 9.60. The summed E-state index contributed by atoms with van der Waals surface area (Å²) in [5.41, 5.74) is 2.02. The first-order chi connectivity index (χ1) is 7.15. The van der Waals surface area contributed by atoms with Gasteiger partial charge in [-0.1, -0.05) is 12.1 Å². The maximum Gasteiger partial charge on any atom is 0.122 e. The summed E-state index contributed by atoms with van der Waals surface area (Å²) in [5.74, 6) is 1.22. The number of aromatic hydroxyl groups is 1. The lowest BCUT2D eigenvalue weighted by molar-refractivity contribution is 0.412. The molecule has 0 bridgehead atoms. The first-order valence-electron chi connectivity index (χ1n) is 4.91. The standard InChI is InChI=1S/C13H14O2/c1-8-10-5-7-13(15-3)9(2)11(10)4-6-12(8)14/h4-7,14H,1-3H3. The molecule has 2 rings (SSSR count). The molecule has 1 N–H and O–H groups in total. The zero-order chi connectivity index (χ0) is 11.0. The second-order valence-corrected chi connectivity index (χ2v) is 3.70. The van der Waals surface area contributed by atoms with E-state index in [1.165, 1.54) is 0 Å². The summed E-state index contributed by atoms with van der Waals surface area (Å²) in [6.45, 7) is 3.95. The highest BCUT2D eigenvalue weighted by Crippen LogP contribution is 2.32. The Kier molecular flexibility index (Phi) is 2.27. The van der Waals surface area contributed by atoms with Crippen LogP contribution in [0.25, 0.3) is 10.8 Å². The topological polar surface area (TPSA) is 29.5 Å². The summed E-state index contributed by atoms with van der Waals surface area (Å²) in [6.07, 6.45) is 0. The number of fused-ring (bicyclic) bond motifs is 1. The summed E-state index contributed by atoms with van der Waals surface area (Å²) < 4.78 is 5.26. The lowest BCUT2D eigenvalue weighted by Gasteiger charge is -2.10. The van der Waals surface area contributed by atoms with Crippen LogP contribution in [0.15, 0.2) is 24.3 Å². The molecule has 0 heterocycles. The van der Waals surface area contributed by atoms with Gasteiger partial charge in [0, 0.05) is 0 Å². The average molecular weight is 202 g/mol. The third-order valence-corrected chi connectivity index (χ3v) is 2.88. The fraction of sp³-hybridized carbons (Fsp3) is 0.231. The van der Waals surface area contributed by atoms with E-state index in [9.17, 15) is 5.11 Å². The highest BCUT2D eigenvalue weighted by atomic mass is 16.5. The molecule has 0 fully saturated rings. The second kappa shape index (κ2) is 3.46. The second-order valence-electron chi connectivity index (χ2n) is 3.70. The summed E-state index contributed by atoms with van der Waals surface area (Å²) in [4.78, 5) is 0. The molecule has 0 aliphatic heterocycles. The Hall–Kier alpha value is -1.70. The monoisotopic (exact) mass is 202 g/mol. The number of rotatable bonds is 1. The molecule has 0 atom stereocenters. The van der Waals surface area contributed by atoms with Gasteiger partial charge in [0.15, 0.2) is 0 Å². The van der Waals surface area contributed by atoms with Crippen LogP contribution in [0.4, 0.5) is 0 Å². The van der Waals surface area contributed by atoms with Gasteiger partial charge in [0.05, 0.1) is 7.11 Å². The lowest BCUT2D eigenvalue weighted by Crippen LogP contribution is -1.89. The molecule has 78 valence electrons. The maximum absolute atomic E-state index is 9.60. The Labute approximate surface area is 89.1 Å². The molecule has 0 unspecified atom stereocenters. The molecule has 2 heteroatoms. The van der Waals surface area contributed by atoms with Crippen molar-refractivity contribution in [3.8, 4) is 11.5 Å². The third-order valence-electron chi connectivity index (χ3n) is 2.88. The molecule has 0 saturated carbocycles. The molecular weight excluding hydrogens is 188 g/mol. The molecule has 0 amide bonds. The predicted molar refractivity (Wildman–Crippen MR) is 61.6 cm³/mol. The number of hydrogen-bond donors (Lipinski definition) is 1. The number of phenols is 1. The zero-order valence-corrected chi connectivity index (χ0v) is 9.16. The summed E-state index contributed by atoms with van der Waals surface area (Å²) in [7, 11) is 1.67. The van der Waals surface area contributed by atoms with Crippen molar-refractivity contribution < 1.29 is 9.84 Å². The normalized spacial score (nSPS) is 10.6. The minimum absolute atomic E-state index is 0.340. The van der Waals surface area contributed by atoms with Crippen LogP contribution in [-0.4, -0.2) is 12.2 Å². The van der Waals surface area contributed by atoms with Crippen molar-refractivity contribution >= 4 is 10.8 Å². The molecule has 0 aromatic heterocycles. The van der Waals surface area contributed by atoms with Crippen LogP contribution in [0, 0.1) is 13.8 Å². The van der Waals surface area contributed by atoms with Gasteiger partial charge >= 0.3 is 0 Å². The van der Waals surface area contributed by atoms with Gasteiger partial charge in [-0.3, -0.25) is 0 Å². The summed E-state index contributed by atoms with van der Waals surface area (Å²) in [5, 5.41) is 11.8. The Morgan fingerprint density at radius 3 is 2.20 bits per heavy atom. The van der Waals surface area contributed by atoms with Gasteiger partial charge in [-0.05, 0) is 47.9 Å². The molecule has 0 saturated heterocycles. The number of phenolic OH excluding ortho intramolecular Hbond substituents is 1. The van der Waals surface area contributed by atoms with E-state index in [0.717, 1.165) is 27.6 Å². The molecule has 15 heavy (non-hydrogen) atoms. The van der Waals surface area contributed by atoms with Gasteiger partial charge in [0.25, 0.3) is 0 Å². The van der Waals surface area contributed by atoms with Crippen LogP contribution in [0.3, 0.4) is 0 Å². The van der Waals surface area contributed by atoms with E-state index in [1.807, 2.05) is 32.0 Å². The Morgan fingerprint density at radius 2 is 1.53 bits per heavy atom. The number of hydrogen-bond acceptors (Lipinski definition) is 2. The van der Waals surface area contributed by atoms with Gasteiger partial charge in [0.2, 0.25) is 0 Å². The van der Waals surface area contributed by atoms with Crippen molar-refractivity contribution in [3.63, 3.8) is 0 Å². The van der Waals surface area contributed by atoms with E-state index in [-0.39, 0.29) is 0 Å². The molecule has 0 aliphatic carbocycles. The molecule has 0 radical (unpaired) electrons. The van der Waals surface area contributed by atoms with Gasteiger partial charge in [0.1, 0.15) is 11.5 Å². The van der Waals surface area contributed by atoms with E-state index >= 15 is 0 Å². The Bertz CT molecular complexity index is 515. The van der Waals surface area contributed by atoms with Crippen LogP contribution in [0.1, 0.15) is 11.1 Å². The molecular formula is C13H14O2. The summed E-state index contributed by atoms with van der Waals surface area (Å²) in [6, 6.07) is 7.57. The number of benzene rings is 2.